The highest BCUT2D eigenvalue weighted by Gasteiger charge is 2.18. The first-order chi connectivity index (χ1) is 7.66. The molecular weight excluding hydrogens is 196 g/mol. The molecule has 1 saturated heterocycles. The van der Waals surface area contributed by atoms with Gasteiger partial charge in [-0.15, -0.1) is 0 Å². The van der Waals surface area contributed by atoms with Crippen LogP contribution in [-0.2, 0) is 0 Å². The van der Waals surface area contributed by atoms with Gasteiger partial charge >= 0.3 is 0 Å². The van der Waals surface area contributed by atoms with E-state index in [0.717, 1.165) is 6.54 Å². The highest BCUT2D eigenvalue weighted by Crippen LogP contribution is 2.26. The number of hydrogen-bond acceptors (Lipinski definition) is 2. The molecule has 0 spiro atoms. The molecule has 0 amide bonds. The van der Waals surface area contributed by atoms with Crippen LogP contribution in [0.1, 0.15) is 31.2 Å². The van der Waals surface area contributed by atoms with Crippen LogP contribution in [0.5, 0.6) is 0 Å². The Morgan fingerprint density at radius 1 is 1.12 bits per heavy atom. The molecule has 2 heteroatoms. The van der Waals surface area contributed by atoms with Crippen molar-refractivity contribution < 1.29 is 0 Å². The van der Waals surface area contributed by atoms with Crippen LogP contribution in [0, 0.1) is 0 Å². The highest BCUT2D eigenvalue weighted by atomic mass is 15.1. The van der Waals surface area contributed by atoms with Crippen LogP contribution in [-0.4, -0.2) is 26.7 Å². The maximum Gasteiger partial charge on any atom is 0.0361 e. The summed E-state index contributed by atoms with van der Waals surface area (Å²) in [5.74, 6) is 0.701. The molecule has 0 bridgehead atoms. The molecule has 0 aliphatic carbocycles. The van der Waals surface area contributed by atoms with Gasteiger partial charge in [-0.25, -0.2) is 0 Å². The first kappa shape index (κ1) is 11.5. The average molecular weight is 218 g/mol. The third-order valence-corrected chi connectivity index (χ3v) is 3.54. The molecular formula is C14H22N2. The van der Waals surface area contributed by atoms with Gasteiger partial charge in [-0.2, -0.15) is 0 Å². The second-order valence-electron chi connectivity index (χ2n) is 5.07. The first-order valence-electron chi connectivity index (χ1n) is 6.17. The summed E-state index contributed by atoms with van der Waals surface area (Å²) in [5.41, 5.74) is 2.76. The Morgan fingerprint density at radius 3 is 2.31 bits per heavy atom. The van der Waals surface area contributed by atoms with Crippen molar-refractivity contribution in [3.05, 3.63) is 29.8 Å². The Balaban J connectivity index is 2.04. The molecule has 16 heavy (non-hydrogen) atoms. The van der Waals surface area contributed by atoms with Crippen LogP contribution in [0.25, 0.3) is 0 Å². The van der Waals surface area contributed by atoms with E-state index in [4.69, 9.17) is 0 Å². The Kier molecular flexibility index (Phi) is 3.49. The molecule has 1 aromatic rings. The van der Waals surface area contributed by atoms with Crippen LogP contribution in [0.15, 0.2) is 24.3 Å². The van der Waals surface area contributed by atoms with E-state index >= 15 is 0 Å². The van der Waals surface area contributed by atoms with E-state index in [9.17, 15) is 0 Å². The Morgan fingerprint density at radius 2 is 1.81 bits per heavy atom. The van der Waals surface area contributed by atoms with E-state index < -0.39 is 0 Å². The fourth-order valence-electron chi connectivity index (χ4n) is 2.33. The van der Waals surface area contributed by atoms with Crippen molar-refractivity contribution in [3.63, 3.8) is 0 Å². The van der Waals surface area contributed by atoms with Crippen LogP contribution < -0.4 is 10.2 Å². The average Bonchev–Trinajstić information content (AvgIpc) is 2.30. The third kappa shape index (κ3) is 2.56. The molecule has 1 aliphatic rings. The Labute approximate surface area is 98.7 Å². The van der Waals surface area contributed by atoms with Gasteiger partial charge in [0, 0.05) is 32.4 Å². The zero-order chi connectivity index (χ0) is 11.5. The second kappa shape index (κ2) is 4.88. The number of benzene rings is 1. The Bertz CT molecular complexity index is 321. The van der Waals surface area contributed by atoms with Crippen molar-refractivity contribution in [1.82, 2.24) is 5.32 Å². The minimum atomic E-state index is 0.692. The summed E-state index contributed by atoms with van der Waals surface area (Å²) in [6.07, 6.45) is 2.61. The van der Waals surface area contributed by atoms with E-state index in [1.165, 1.54) is 24.1 Å². The molecule has 2 unspecified atom stereocenters. The highest BCUT2D eigenvalue weighted by molar-refractivity contribution is 5.46. The smallest absolute Gasteiger partial charge is 0.0361 e. The van der Waals surface area contributed by atoms with Gasteiger partial charge < -0.3 is 10.2 Å². The predicted octanol–water partition coefficient (Wildman–Crippen LogP) is 2.61. The molecule has 0 saturated carbocycles. The van der Waals surface area contributed by atoms with Crippen molar-refractivity contribution in [2.75, 3.05) is 25.5 Å². The fourth-order valence-corrected chi connectivity index (χ4v) is 2.33. The summed E-state index contributed by atoms with van der Waals surface area (Å²) >= 11 is 0. The number of rotatable bonds is 2. The van der Waals surface area contributed by atoms with Gasteiger partial charge in [-0.3, -0.25) is 0 Å². The minimum absolute atomic E-state index is 0.692. The summed E-state index contributed by atoms with van der Waals surface area (Å²) in [6.45, 7) is 3.40. The normalized spacial score (nSPS) is 25.4. The molecule has 1 aliphatic heterocycles. The lowest BCUT2D eigenvalue weighted by Gasteiger charge is -2.28. The molecule has 1 heterocycles. The monoisotopic (exact) mass is 218 g/mol. The van der Waals surface area contributed by atoms with E-state index in [0.29, 0.717) is 12.0 Å². The first-order valence-corrected chi connectivity index (χ1v) is 6.17. The van der Waals surface area contributed by atoms with E-state index in [-0.39, 0.29) is 0 Å². The number of piperidine rings is 1. The van der Waals surface area contributed by atoms with E-state index in [1.54, 1.807) is 0 Å². The maximum atomic E-state index is 3.56. The molecule has 2 nitrogen and oxygen atoms in total. The largest absolute Gasteiger partial charge is 0.378 e. The molecule has 1 aromatic carbocycles. The summed E-state index contributed by atoms with van der Waals surface area (Å²) < 4.78 is 0. The van der Waals surface area contributed by atoms with Crippen LogP contribution in [0.4, 0.5) is 5.69 Å². The van der Waals surface area contributed by atoms with Crippen molar-refractivity contribution in [3.8, 4) is 0 Å². The molecule has 0 radical (unpaired) electrons. The fraction of sp³-hybridized carbons (Fsp3) is 0.571. The number of hydrogen-bond donors (Lipinski definition) is 1. The van der Waals surface area contributed by atoms with Gasteiger partial charge in [0.1, 0.15) is 0 Å². The van der Waals surface area contributed by atoms with Gasteiger partial charge in [0.25, 0.3) is 0 Å². The van der Waals surface area contributed by atoms with Crippen molar-refractivity contribution >= 4 is 5.69 Å². The number of anilines is 1. The van der Waals surface area contributed by atoms with Gasteiger partial charge in [-0.05, 0) is 43.4 Å². The lowest BCUT2D eigenvalue weighted by atomic mass is 9.89. The molecule has 2 rings (SSSR count). The zero-order valence-corrected chi connectivity index (χ0v) is 10.5. The molecule has 0 aromatic heterocycles. The minimum Gasteiger partial charge on any atom is -0.378 e. The van der Waals surface area contributed by atoms with Gasteiger partial charge in [0.05, 0.1) is 0 Å². The van der Waals surface area contributed by atoms with Crippen LogP contribution in [0.3, 0.4) is 0 Å². The summed E-state index contributed by atoms with van der Waals surface area (Å²) in [6, 6.07) is 9.67. The molecule has 1 fully saturated rings. The number of nitrogens with zero attached hydrogens (tertiary/aromatic N) is 1. The Hall–Kier alpha value is -1.02. The maximum absolute atomic E-state index is 3.56. The van der Waals surface area contributed by atoms with Crippen molar-refractivity contribution in [2.24, 2.45) is 0 Å². The third-order valence-electron chi connectivity index (χ3n) is 3.54. The predicted molar refractivity (Wildman–Crippen MR) is 70.2 cm³/mol. The zero-order valence-electron chi connectivity index (χ0n) is 10.5. The van der Waals surface area contributed by atoms with Crippen molar-refractivity contribution in [1.29, 1.82) is 0 Å². The van der Waals surface area contributed by atoms with Gasteiger partial charge in [-0.1, -0.05) is 12.1 Å². The molecule has 2 atom stereocenters. The standard InChI is InChI=1S/C14H22N2/c1-11-4-5-13(10-15-11)12-6-8-14(9-7-12)16(2)3/h6-9,11,13,15H,4-5,10H2,1-3H3. The number of nitrogens with one attached hydrogen (secondary N) is 1. The lowest BCUT2D eigenvalue weighted by Crippen LogP contribution is -2.35. The summed E-state index contributed by atoms with van der Waals surface area (Å²) in [7, 11) is 4.16. The SMILES string of the molecule is CC1CCC(c2ccc(N(C)C)cc2)CN1. The van der Waals surface area contributed by atoms with E-state index in [1.807, 2.05) is 0 Å². The van der Waals surface area contributed by atoms with Crippen LogP contribution >= 0.6 is 0 Å². The summed E-state index contributed by atoms with van der Waals surface area (Å²) in [5, 5.41) is 3.56. The molecule has 88 valence electrons. The van der Waals surface area contributed by atoms with Gasteiger partial charge in [0.2, 0.25) is 0 Å². The topological polar surface area (TPSA) is 15.3 Å². The quantitative estimate of drug-likeness (QED) is 0.821. The van der Waals surface area contributed by atoms with Crippen molar-refractivity contribution in [2.45, 2.75) is 31.7 Å². The molecule has 1 N–H and O–H groups in total. The second-order valence-corrected chi connectivity index (χ2v) is 5.07. The summed E-state index contributed by atoms with van der Waals surface area (Å²) in [4.78, 5) is 2.14. The van der Waals surface area contributed by atoms with Gasteiger partial charge in [0.15, 0.2) is 0 Å². The van der Waals surface area contributed by atoms with E-state index in [2.05, 4.69) is 55.5 Å². The van der Waals surface area contributed by atoms with Crippen LogP contribution in [0.2, 0.25) is 0 Å². The lowest BCUT2D eigenvalue weighted by molar-refractivity contribution is 0.385.